The number of hydrogen-bond acceptors (Lipinski definition) is 6. The largest absolute Gasteiger partial charge is 0.345 e. The lowest BCUT2D eigenvalue weighted by molar-refractivity contribution is 0.0779. The number of rotatable bonds is 7. The Labute approximate surface area is 225 Å². The molecule has 2 amide bonds. The van der Waals surface area contributed by atoms with Gasteiger partial charge in [0.15, 0.2) is 0 Å². The minimum Gasteiger partial charge on any atom is -0.345 e. The van der Waals surface area contributed by atoms with E-state index < -0.39 is 0 Å². The van der Waals surface area contributed by atoms with Crippen LogP contribution < -0.4 is 5.32 Å². The SMILES string of the molecule is Cc1cc(CN(C)C(=O)c2cscn2)ccc1C(=O)NC(C)c1cc(-c2cnn(C)c2)nc2ccccc12. The number of thiazole rings is 1. The molecule has 9 heteroatoms. The Morgan fingerprint density at radius 3 is 2.68 bits per heavy atom. The van der Waals surface area contributed by atoms with Crippen LogP contribution in [0.25, 0.3) is 22.2 Å². The van der Waals surface area contributed by atoms with Crippen LogP contribution in [0.2, 0.25) is 0 Å². The lowest BCUT2D eigenvalue weighted by Gasteiger charge is -2.19. The summed E-state index contributed by atoms with van der Waals surface area (Å²) in [5.41, 5.74) is 8.05. The van der Waals surface area contributed by atoms with Crippen LogP contribution in [0.15, 0.2) is 71.8 Å². The van der Waals surface area contributed by atoms with Gasteiger partial charge in [0.1, 0.15) is 5.69 Å². The monoisotopic (exact) mass is 524 g/mol. The number of aromatic nitrogens is 4. The van der Waals surface area contributed by atoms with E-state index in [4.69, 9.17) is 4.98 Å². The summed E-state index contributed by atoms with van der Waals surface area (Å²) in [4.78, 5) is 36.4. The zero-order valence-corrected chi connectivity index (χ0v) is 22.5. The molecule has 3 aromatic heterocycles. The summed E-state index contributed by atoms with van der Waals surface area (Å²) in [6, 6.07) is 15.4. The summed E-state index contributed by atoms with van der Waals surface area (Å²) >= 11 is 1.39. The fourth-order valence-corrected chi connectivity index (χ4v) is 5.08. The fourth-order valence-electron chi connectivity index (χ4n) is 4.55. The molecule has 0 bridgehead atoms. The molecule has 0 saturated carbocycles. The molecule has 0 saturated heterocycles. The average Bonchev–Trinajstić information content (AvgIpc) is 3.60. The summed E-state index contributed by atoms with van der Waals surface area (Å²) in [5.74, 6) is -0.285. The molecule has 1 unspecified atom stereocenters. The van der Waals surface area contributed by atoms with Gasteiger partial charge in [0.05, 0.1) is 29.0 Å². The minimum atomic E-state index is -0.258. The van der Waals surface area contributed by atoms with Crippen LogP contribution in [0.3, 0.4) is 0 Å². The highest BCUT2D eigenvalue weighted by Crippen LogP contribution is 2.29. The number of hydrogen-bond donors (Lipinski definition) is 1. The number of amides is 2. The molecular weight excluding hydrogens is 496 g/mol. The maximum Gasteiger partial charge on any atom is 0.273 e. The number of pyridine rings is 1. The summed E-state index contributed by atoms with van der Waals surface area (Å²) < 4.78 is 1.75. The quantitative estimate of drug-likeness (QED) is 0.317. The van der Waals surface area contributed by atoms with Gasteiger partial charge in [0.2, 0.25) is 0 Å². The number of carbonyl (C=O) groups excluding carboxylic acids is 2. The molecule has 3 heterocycles. The van der Waals surface area contributed by atoms with Gasteiger partial charge in [-0.05, 0) is 48.7 Å². The summed E-state index contributed by atoms with van der Waals surface area (Å²) in [6.45, 7) is 4.32. The van der Waals surface area contributed by atoms with Crippen molar-refractivity contribution >= 4 is 34.1 Å². The summed E-state index contributed by atoms with van der Waals surface area (Å²) in [7, 11) is 3.62. The molecule has 2 aromatic carbocycles. The van der Waals surface area contributed by atoms with E-state index in [2.05, 4.69) is 15.4 Å². The van der Waals surface area contributed by atoms with Gasteiger partial charge in [-0.15, -0.1) is 11.3 Å². The van der Waals surface area contributed by atoms with Crippen molar-refractivity contribution in [1.82, 2.24) is 30.0 Å². The highest BCUT2D eigenvalue weighted by atomic mass is 32.1. The van der Waals surface area contributed by atoms with Crippen molar-refractivity contribution in [2.45, 2.75) is 26.4 Å². The van der Waals surface area contributed by atoms with Crippen LogP contribution in [-0.4, -0.2) is 43.5 Å². The molecule has 0 aliphatic rings. The molecule has 0 spiro atoms. The van der Waals surface area contributed by atoms with Gasteiger partial charge < -0.3 is 10.2 Å². The molecule has 5 rings (SSSR count). The third-order valence-electron chi connectivity index (χ3n) is 6.52. The van der Waals surface area contributed by atoms with Crippen molar-refractivity contribution in [1.29, 1.82) is 0 Å². The Hall–Kier alpha value is -4.37. The standard InChI is InChI=1S/C29H28N6O2S/c1-18-11-20(14-34(3)29(37)27-16-38-17-30-27)9-10-22(18)28(36)32-19(2)24-12-26(21-13-31-35(4)15-21)33-25-8-6-5-7-23(24)25/h5-13,15-17,19H,14H2,1-4H3,(H,32,36). The van der Waals surface area contributed by atoms with E-state index in [1.165, 1.54) is 11.3 Å². The first-order valence-electron chi connectivity index (χ1n) is 12.2. The van der Waals surface area contributed by atoms with E-state index in [-0.39, 0.29) is 17.9 Å². The smallest absolute Gasteiger partial charge is 0.273 e. The average molecular weight is 525 g/mol. The number of benzene rings is 2. The van der Waals surface area contributed by atoms with E-state index >= 15 is 0 Å². The van der Waals surface area contributed by atoms with Crippen molar-refractivity contribution in [2.75, 3.05) is 7.05 Å². The Morgan fingerprint density at radius 1 is 1.16 bits per heavy atom. The molecule has 8 nitrogen and oxygen atoms in total. The van der Waals surface area contributed by atoms with Crippen molar-refractivity contribution in [3.05, 3.63) is 99.8 Å². The molecule has 0 radical (unpaired) electrons. The van der Waals surface area contributed by atoms with Gasteiger partial charge in [0.25, 0.3) is 11.8 Å². The second-order valence-electron chi connectivity index (χ2n) is 9.40. The van der Waals surface area contributed by atoms with E-state index in [1.807, 2.05) is 75.6 Å². The number of aryl methyl sites for hydroxylation is 2. The second-order valence-corrected chi connectivity index (χ2v) is 10.1. The van der Waals surface area contributed by atoms with Crippen LogP contribution in [0.5, 0.6) is 0 Å². The Morgan fingerprint density at radius 2 is 1.97 bits per heavy atom. The van der Waals surface area contributed by atoms with Crippen LogP contribution in [-0.2, 0) is 13.6 Å². The minimum absolute atomic E-state index is 0.130. The van der Waals surface area contributed by atoms with Gasteiger partial charge in [-0.25, -0.2) is 9.97 Å². The van der Waals surface area contributed by atoms with Crippen molar-refractivity contribution in [3.8, 4) is 11.3 Å². The normalized spacial score (nSPS) is 11.9. The molecule has 1 N–H and O–H groups in total. The number of nitrogens with one attached hydrogen (secondary N) is 1. The molecule has 192 valence electrons. The first-order chi connectivity index (χ1) is 18.3. The first-order valence-corrected chi connectivity index (χ1v) is 13.2. The molecule has 0 aliphatic heterocycles. The van der Waals surface area contributed by atoms with Gasteiger partial charge >= 0.3 is 0 Å². The van der Waals surface area contributed by atoms with E-state index in [0.717, 1.165) is 38.9 Å². The zero-order valence-electron chi connectivity index (χ0n) is 21.7. The molecular formula is C29H28N6O2S. The Balaban J connectivity index is 1.35. The molecule has 38 heavy (non-hydrogen) atoms. The van der Waals surface area contributed by atoms with E-state index in [1.54, 1.807) is 33.7 Å². The van der Waals surface area contributed by atoms with Crippen LogP contribution in [0, 0.1) is 6.92 Å². The molecule has 0 aliphatic carbocycles. The number of fused-ring (bicyclic) bond motifs is 1. The predicted molar refractivity (Wildman–Crippen MR) is 149 cm³/mol. The highest BCUT2D eigenvalue weighted by molar-refractivity contribution is 7.07. The van der Waals surface area contributed by atoms with E-state index in [0.29, 0.717) is 17.8 Å². The van der Waals surface area contributed by atoms with Crippen molar-refractivity contribution in [2.24, 2.45) is 7.05 Å². The fraction of sp³-hybridized carbons (Fsp3) is 0.207. The zero-order chi connectivity index (χ0) is 26.8. The lowest BCUT2D eigenvalue weighted by Crippen LogP contribution is -2.28. The summed E-state index contributed by atoms with van der Waals surface area (Å²) in [6.07, 6.45) is 3.72. The van der Waals surface area contributed by atoms with Crippen LogP contribution >= 0.6 is 11.3 Å². The predicted octanol–water partition coefficient (Wildman–Crippen LogP) is 5.16. The topological polar surface area (TPSA) is 93.0 Å². The van der Waals surface area contributed by atoms with Gasteiger partial charge in [-0.1, -0.05) is 30.3 Å². The molecule has 1 atom stereocenters. The van der Waals surface area contributed by atoms with Gasteiger partial charge in [0, 0.05) is 48.7 Å². The van der Waals surface area contributed by atoms with Crippen LogP contribution in [0.1, 0.15) is 50.5 Å². The number of para-hydroxylation sites is 1. The molecule has 5 aromatic rings. The highest BCUT2D eigenvalue weighted by Gasteiger charge is 2.19. The Bertz CT molecular complexity index is 1630. The third-order valence-corrected chi connectivity index (χ3v) is 7.10. The maximum atomic E-state index is 13.3. The van der Waals surface area contributed by atoms with E-state index in [9.17, 15) is 9.59 Å². The number of carbonyl (C=O) groups is 2. The third kappa shape index (κ3) is 5.19. The second kappa shape index (κ2) is 10.5. The van der Waals surface area contributed by atoms with Crippen molar-refractivity contribution in [3.63, 3.8) is 0 Å². The molecule has 0 fully saturated rings. The maximum absolute atomic E-state index is 13.3. The first kappa shape index (κ1) is 25.3. The van der Waals surface area contributed by atoms with Gasteiger partial charge in [-0.2, -0.15) is 5.10 Å². The van der Waals surface area contributed by atoms with Crippen molar-refractivity contribution < 1.29 is 9.59 Å². The Kier molecular flexibility index (Phi) is 7.02. The van der Waals surface area contributed by atoms with Crippen LogP contribution in [0.4, 0.5) is 0 Å². The van der Waals surface area contributed by atoms with Gasteiger partial charge in [-0.3, -0.25) is 14.3 Å². The summed E-state index contributed by atoms with van der Waals surface area (Å²) in [5, 5.41) is 10.2. The number of nitrogens with zero attached hydrogens (tertiary/aromatic N) is 5. The lowest BCUT2D eigenvalue weighted by atomic mass is 9.99.